The molecule has 98 valence electrons. The van der Waals surface area contributed by atoms with Gasteiger partial charge in [0, 0.05) is 10.8 Å². The number of nitrogens with zero attached hydrogens (tertiary/aromatic N) is 3. The zero-order valence-electron chi connectivity index (χ0n) is 10.2. The Morgan fingerprint density at radius 1 is 1.21 bits per heavy atom. The molecule has 1 aromatic heterocycles. The first-order chi connectivity index (χ1) is 9.31. The van der Waals surface area contributed by atoms with Gasteiger partial charge in [-0.25, -0.2) is 9.07 Å². The van der Waals surface area contributed by atoms with Crippen molar-refractivity contribution in [3.8, 4) is 11.4 Å². The highest BCUT2D eigenvalue weighted by molar-refractivity contribution is 7.99. The van der Waals surface area contributed by atoms with Crippen LogP contribution in [0.1, 0.15) is 19.3 Å². The minimum atomic E-state index is -0.236. The maximum Gasteiger partial charge on any atom is 0.210 e. The normalized spacial score (nSPS) is 24.7. The van der Waals surface area contributed by atoms with E-state index in [1.807, 2.05) is 4.68 Å². The summed E-state index contributed by atoms with van der Waals surface area (Å²) in [5, 5.41) is 9.98. The van der Waals surface area contributed by atoms with Crippen molar-refractivity contribution in [2.24, 2.45) is 0 Å². The lowest BCUT2D eigenvalue weighted by atomic mass is 10.2. The van der Waals surface area contributed by atoms with Gasteiger partial charge in [-0.05, 0) is 37.1 Å². The predicted molar refractivity (Wildman–Crippen MR) is 72.1 cm³/mol. The fourth-order valence-electron chi connectivity index (χ4n) is 2.76. The Morgan fingerprint density at radius 3 is 2.89 bits per heavy atom. The SMILES string of the molecule is Fc1ccc(-c2nnc3n2NC2CCCC2S3)cc1. The van der Waals surface area contributed by atoms with Crippen molar-refractivity contribution < 1.29 is 4.39 Å². The summed E-state index contributed by atoms with van der Waals surface area (Å²) >= 11 is 1.80. The fourth-order valence-corrected chi connectivity index (χ4v) is 4.01. The molecule has 19 heavy (non-hydrogen) atoms. The second-order valence-corrected chi connectivity index (χ2v) is 6.18. The molecule has 2 aliphatic rings. The van der Waals surface area contributed by atoms with Gasteiger partial charge in [-0.1, -0.05) is 18.2 Å². The van der Waals surface area contributed by atoms with Crippen LogP contribution in [-0.4, -0.2) is 26.2 Å². The lowest BCUT2D eigenvalue weighted by molar-refractivity contribution is 0.611. The van der Waals surface area contributed by atoms with E-state index in [2.05, 4.69) is 15.6 Å². The number of hydrogen-bond donors (Lipinski definition) is 1. The maximum atomic E-state index is 13.0. The van der Waals surface area contributed by atoms with E-state index in [0.29, 0.717) is 11.3 Å². The Bertz CT molecular complexity index is 610. The predicted octanol–water partition coefficient (Wildman–Crippen LogP) is 2.65. The van der Waals surface area contributed by atoms with E-state index in [1.165, 1.54) is 31.4 Å². The van der Waals surface area contributed by atoms with Crippen molar-refractivity contribution in [2.75, 3.05) is 5.43 Å². The molecule has 6 heteroatoms. The topological polar surface area (TPSA) is 42.7 Å². The van der Waals surface area contributed by atoms with E-state index in [0.717, 1.165) is 16.5 Å². The molecule has 4 rings (SSSR count). The zero-order valence-corrected chi connectivity index (χ0v) is 11.0. The van der Waals surface area contributed by atoms with Gasteiger partial charge in [0.15, 0.2) is 5.82 Å². The number of benzene rings is 1. The second-order valence-electron chi connectivity index (χ2n) is 4.97. The standard InChI is InChI=1S/C13H13FN4S/c14-9-6-4-8(5-7-9)12-15-16-13-18(12)17-10-2-1-3-11(10)19-13/h4-7,10-11,17H,1-3H2. The average molecular weight is 276 g/mol. The molecule has 0 bridgehead atoms. The van der Waals surface area contributed by atoms with Crippen molar-refractivity contribution in [3.05, 3.63) is 30.1 Å². The van der Waals surface area contributed by atoms with Crippen LogP contribution >= 0.6 is 11.8 Å². The fraction of sp³-hybridized carbons (Fsp3) is 0.385. The molecule has 1 saturated carbocycles. The molecule has 0 radical (unpaired) electrons. The molecule has 2 aromatic rings. The van der Waals surface area contributed by atoms with Crippen LogP contribution in [0.2, 0.25) is 0 Å². The highest BCUT2D eigenvalue weighted by atomic mass is 32.2. The number of rotatable bonds is 1. The third-order valence-electron chi connectivity index (χ3n) is 3.74. The summed E-state index contributed by atoms with van der Waals surface area (Å²) in [5.41, 5.74) is 4.38. The molecule has 0 spiro atoms. The van der Waals surface area contributed by atoms with E-state index in [1.54, 1.807) is 23.9 Å². The van der Waals surface area contributed by atoms with Gasteiger partial charge in [-0.3, -0.25) is 0 Å². The molecule has 1 aliphatic carbocycles. The van der Waals surface area contributed by atoms with Gasteiger partial charge in [0.1, 0.15) is 5.82 Å². The van der Waals surface area contributed by atoms with Crippen LogP contribution < -0.4 is 5.43 Å². The summed E-state index contributed by atoms with van der Waals surface area (Å²) in [4.78, 5) is 0. The third kappa shape index (κ3) is 1.82. The van der Waals surface area contributed by atoms with Crippen molar-refractivity contribution in [2.45, 2.75) is 35.7 Å². The maximum absolute atomic E-state index is 13.0. The lowest BCUT2D eigenvalue weighted by Crippen LogP contribution is -2.37. The molecule has 1 N–H and O–H groups in total. The average Bonchev–Trinajstić information content (AvgIpc) is 3.03. The van der Waals surface area contributed by atoms with Gasteiger partial charge < -0.3 is 5.43 Å². The molecule has 1 aromatic carbocycles. The third-order valence-corrected chi connectivity index (χ3v) is 5.08. The zero-order chi connectivity index (χ0) is 12.8. The van der Waals surface area contributed by atoms with Gasteiger partial charge in [0.25, 0.3) is 0 Å². The molecule has 0 amide bonds. The van der Waals surface area contributed by atoms with Gasteiger partial charge in [-0.2, -0.15) is 0 Å². The highest BCUT2D eigenvalue weighted by Gasteiger charge is 2.35. The highest BCUT2D eigenvalue weighted by Crippen LogP contribution is 2.39. The molecule has 1 aliphatic heterocycles. The molecular formula is C13H13FN4S. The lowest BCUT2D eigenvalue weighted by Gasteiger charge is -2.28. The van der Waals surface area contributed by atoms with Crippen molar-refractivity contribution in [3.63, 3.8) is 0 Å². The largest absolute Gasteiger partial charge is 0.318 e. The molecule has 2 unspecified atom stereocenters. The monoisotopic (exact) mass is 276 g/mol. The molecule has 0 saturated heterocycles. The van der Waals surface area contributed by atoms with Crippen LogP contribution in [0.15, 0.2) is 29.4 Å². The van der Waals surface area contributed by atoms with Crippen LogP contribution in [-0.2, 0) is 0 Å². The van der Waals surface area contributed by atoms with Crippen LogP contribution in [0.5, 0.6) is 0 Å². The van der Waals surface area contributed by atoms with Gasteiger partial charge in [0.2, 0.25) is 5.16 Å². The van der Waals surface area contributed by atoms with Crippen LogP contribution in [0.4, 0.5) is 4.39 Å². The van der Waals surface area contributed by atoms with E-state index in [4.69, 9.17) is 0 Å². The Balaban J connectivity index is 1.74. The number of hydrogen-bond acceptors (Lipinski definition) is 4. The van der Waals surface area contributed by atoms with E-state index < -0.39 is 0 Å². The first-order valence-electron chi connectivity index (χ1n) is 6.46. The number of aromatic nitrogens is 3. The van der Waals surface area contributed by atoms with Gasteiger partial charge in [-0.15, -0.1) is 10.2 Å². The summed E-state index contributed by atoms with van der Waals surface area (Å²) in [5.74, 6) is 0.521. The number of fused-ring (bicyclic) bond motifs is 2. The first-order valence-corrected chi connectivity index (χ1v) is 7.34. The smallest absolute Gasteiger partial charge is 0.210 e. The summed E-state index contributed by atoms with van der Waals surface area (Å²) in [6.07, 6.45) is 3.69. The number of halogens is 1. The van der Waals surface area contributed by atoms with E-state index in [9.17, 15) is 4.39 Å². The van der Waals surface area contributed by atoms with Crippen molar-refractivity contribution in [1.82, 2.24) is 14.9 Å². The quantitative estimate of drug-likeness (QED) is 0.869. The van der Waals surface area contributed by atoms with Crippen LogP contribution in [0, 0.1) is 5.82 Å². The Labute approximate surface area is 114 Å². The molecule has 4 nitrogen and oxygen atoms in total. The van der Waals surface area contributed by atoms with E-state index in [-0.39, 0.29) is 5.82 Å². The van der Waals surface area contributed by atoms with Gasteiger partial charge >= 0.3 is 0 Å². The Hall–Kier alpha value is -1.56. The summed E-state index contributed by atoms with van der Waals surface area (Å²) < 4.78 is 14.9. The summed E-state index contributed by atoms with van der Waals surface area (Å²) in [6.45, 7) is 0. The minimum absolute atomic E-state index is 0.236. The Kier molecular flexibility index (Phi) is 2.51. The second kappa shape index (κ2) is 4.23. The molecular weight excluding hydrogens is 263 g/mol. The number of nitrogens with one attached hydrogen (secondary N) is 1. The number of thioether (sulfide) groups is 1. The Morgan fingerprint density at radius 2 is 2.05 bits per heavy atom. The van der Waals surface area contributed by atoms with Crippen molar-refractivity contribution >= 4 is 11.8 Å². The molecule has 2 atom stereocenters. The van der Waals surface area contributed by atoms with Crippen LogP contribution in [0.3, 0.4) is 0 Å². The molecule has 2 heterocycles. The van der Waals surface area contributed by atoms with Crippen LogP contribution in [0.25, 0.3) is 11.4 Å². The summed E-state index contributed by atoms with van der Waals surface area (Å²) in [7, 11) is 0. The molecule has 1 fully saturated rings. The van der Waals surface area contributed by atoms with Gasteiger partial charge in [0.05, 0.1) is 6.04 Å². The first kappa shape index (κ1) is 11.3. The minimum Gasteiger partial charge on any atom is -0.318 e. The van der Waals surface area contributed by atoms with E-state index >= 15 is 0 Å². The summed E-state index contributed by atoms with van der Waals surface area (Å²) in [6, 6.07) is 6.86. The van der Waals surface area contributed by atoms with Crippen molar-refractivity contribution in [1.29, 1.82) is 0 Å².